The van der Waals surface area contributed by atoms with Gasteiger partial charge in [0.1, 0.15) is 5.00 Å². The van der Waals surface area contributed by atoms with Crippen LogP contribution in [0.15, 0.2) is 27.1 Å². The second-order valence-corrected chi connectivity index (χ2v) is 8.29. The highest BCUT2D eigenvalue weighted by atomic mass is 79.9. The molecular formula is C16H16Br2N2O2S2. The quantitative estimate of drug-likeness (QED) is 0.421. The lowest BCUT2D eigenvalue weighted by Crippen LogP contribution is -2.20. The van der Waals surface area contributed by atoms with Gasteiger partial charge in [-0.15, -0.1) is 11.3 Å². The second-order valence-electron chi connectivity index (χ2n) is 4.89. The molecule has 0 aliphatic heterocycles. The molecule has 24 heavy (non-hydrogen) atoms. The van der Waals surface area contributed by atoms with Crippen LogP contribution in [-0.2, 0) is 11.2 Å². The Morgan fingerprint density at radius 1 is 1.33 bits per heavy atom. The molecular weight excluding hydrogens is 476 g/mol. The number of hydrogen-bond acceptors (Lipinski definition) is 4. The molecule has 8 heteroatoms. The van der Waals surface area contributed by atoms with Crippen molar-refractivity contribution >= 4 is 77.2 Å². The van der Waals surface area contributed by atoms with Crippen LogP contribution in [0.5, 0.6) is 0 Å². The van der Waals surface area contributed by atoms with Crippen LogP contribution >= 0.6 is 55.4 Å². The van der Waals surface area contributed by atoms with Gasteiger partial charge < -0.3 is 15.4 Å². The molecule has 1 aromatic heterocycles. The van der Waals surface area contributed by atoms with Crippen LogP contribution in [0.3, 0.4) is 0 Å². The summed E-state index contributed by atoms with van der Waals surface area (Å²) in [4.78, 5) is 13.2. The number of halogens is 2. The number of ether oxygens (including phenoxy) is 1. The third-order valence-corrected chi connectivity index (χ3v) is 5.77. The Balaban J connectivity index is 2.24. The SMILES string of the molecule is CCc1c(C)sc(NC(=S)Nc2ccc(Br)cc2Br)c1C(=O)OC. The van der Waals surface area contributed by atoms with Gasteiger partial charge in [0.15, 0.2) is 5.11 Å². The number of thiocarbonyl (C=S) groups is 1. The summed E-state index contributed by atoms with van der Waals surface area (Å²) in [5, 5.41) is 7.35. The first-order valence-electron chi connectivity index (χ1n) is 7.11. The fourth-order valence-electron chi connectivity index (χ4n) is 2.26. The van der Waals surface area contributed by atoms with Crippen molar-refractivity contribution in [2.75, 3.05) is 17.7 Å². The molecule has 2 rings (SSSR count). The Morgan fingerprint density at radius 2 is 2.04 bits per heavy atom. The minimum atomic E-state index is -0.355. The maximum atomic E-state index is 12.1. The van der Waals surface area contributed by atoms with Gasteiger partial charge >= 0.3 is 5.97 Å². The van der Waals surface area contributed by atoms with Gasteiger partial charge in [0, 0.05) is 13.8 Å². The largest absolute Gasteiger partial charge is 0.465 e. The molecule has 0 unspecified atom stereocenters. The minimum absolute atomic E-state index is 0.355. The average molecular weight is 492 g/mol. The standard InChI is InChI=1S/C16H16Br2N2O2S2/c1-4-10-8(2)24-14(13(10)15(21)22-3)20-16(23)19-12-6-5-9(17)7-11(12)18/h5-7H,4H2,1-3H3,(H2,19,20,23). The maximum absolute atomic E-state index is 12.1. The van der Waals surface area contributed by atoms with Crippen molar-refractivity contribution in [3.05, 3.63) is 43.1 Å². The first-order chi connectivity index (χ1) is 11.4. The Morgan fingerprint density at radius 3 is 2.62 bits per heavy atom. The number of anilines is 2. The van der Waals surface area contributed by atoms with Crippen molar-refractivity contribution in [3.8, 4) is 0 Å². The molecule has 0 saturated heterocycles. The Hall–Kier alpha value is -0.960. The number of methoxy groups -OCH3 is 1. The van der Waals surface area contributed by atoms with Crippen LogP contribution in [0.4, 0.5) is 10.7 Å². The summed E-state index contributed by atoms with van der Waals surface area (Å²) in [7, 11) is 1.38. The highest BCUT2D eigenvalue weighted by Gasteiger charge is 2.22. The van der Waals surface area contributed by atoms with Crippen molar-refractivity contribution in [3.63, 3.8) is 0 Å². The van der Waals surface area contributed by atoms with E-state index in [1.54, 1.807) is 0 Å². The van der Waals surface area contributed by atoms with Gasteiger partial charge in [-0.05, 0) is 65.3 Å². The molecule has 0 amide bonds. The lowest BCUT2D eigenvalue weighted by molar-refractivity contribution is 0.0601. The smallest absolute Gasteiger partial charge is 0.341 e. The number of hydrogen-bond donors (Lipinski definition) is 2. The number of thiophene rings is 1. The zero-order valence-electron chi connectivity index (χ0n) is 13.3. The summed E-state index contributed by atoms with van der Waals surface area (Å²) in [6.45, 7) is 4.00. The Kier molecular flexibility index (Phi) is 6.79. The summed E-state index contributed by atoms with van der Waals surface area (Å²) >= 11 is 13.8. The van der Waals surface area contributed by atoms with Gasteiger partial charge in [0.2, 0.25) is 0 Å². The lowest BCUT2D eigenvalue weighted by atomic mass is 10.1. The van der Waals surface area contributed by atoms with Crippen molar-refractivity contribution in [1.29, 1.82) is 0 Å². The molecule has 1 aromatic carbocycles. The maximum Gasteiger partial charge on any atom is 0.341 e. The summed E-state index contributed by atoms with van der Waals surface area (Å²) < 4.78 is 6.76. The summed E-state index contributed by atoms with van der Waals surface area (Å²) in [5.41, 5.74) is 2.38. The molecule has 128 valence electrons. The minimum Gasteiger partial charge on any atom is -0.465 e. The van der Waals surface area contributed by atoms with Crippen LogP contribution < -0.4 is 10.6 Å². The Labute approximate surface area is 167 Å². The predicted octanol–water partition coefficient (Wildman–Crippen LogP) is 5.74. The van der Waals surface area contributed by atoms with Crippen LogP contribution in [-0.4, -0.2) is 18.2 Å². The molecule has 0 bridgehead atoms. The van der Waals surface area contributed by atoms with Crippen molar-refractivity contribution in [2.45, 2.75) is 20.3 Å². The molecule has 0 atom stereocenters. The molecule has 2 N–H and O–H groups in total. The summed E-state index contributed by atoms with van der Waals surface area (Å²) in [5.74, 6) is -0.355. The number of esters is 1. The van der Waals surface area contributed by atoms with Crippen LogP contribution in [0.2, 0.25) is 0 Å². The van der Waals surface area contributed by atoms with E-state index in [-0.39, 0.29) is 5.97 Å². The fraction of sp³-hybridized carbons (Fsp3) is 0.250. The van der Waals surface area contributed by atoms with Crippen molar-refractivity contribution < 1.29 is 9.53 Å². The van der Waals surface area contributed by atoms with Gasteiger partial charge in [-0.25, -0.2) is 4.79 Å². The van der Waals surface area contributed by atoms with Crippen LogP contribution in [0.1, 0.15) is 27.7 Å². The lowest BCUT2D eigenvalue weighted by Gasteiger charge is -2.12. The van der Waals surface area contributed by atoms with E-state index in [1.165, 1.54) is 18.4 Å². The van der Waals surface area contributed by atoms with Gasteiger partial charge in [0.25, 0.3) is 0 Å². The molecule has 0 aliphatic carbocycles. The van der Waals surface area contributed by atoms with E-state index in [0.717, 1.165) is 31.5 Å². The number of carbonyl (C=O) groups is 1. The summed E-state index contributed by atoms with van der Waals surface area (Å²) in [6, 6.07) is 5.75. The zero-order chi connectivity index (χ0) is 17.9. The van der Waals surface area contributed by atoms with E-state index < -0.39 is 0 Å². The molecule has 0 fully saturated rings. The number of benzene rings is 1. The third kappa shape index (κ3) is 4.36. The summed E-state index contributed by atoms with van der Waals surface area (Å²) in [6.07, 6.45) is 0.757. The first-order valence-corrected chi connectivity index (χ1v) is 9.92. The van der Waals surface area contributed by atoms with Gasteiger partial charge in [0.05, 0.1) is 18.4 Å². The highest BCUT2D eigenvalue weighted by Crippen LogP contribution is 2.34. The highest BCUT2D eigenvalue weighted by molar-refractivity contribution is 9.11. The number of rotatable bonds is 4. The van der Waals surface area contributed by atoms with Crippen molar-refractivity contribution in [2.24, 2.45) is 0 Å². The molecule has 0 spiro atoms. The molecule has 0 radical (unpaired) electrons. The van der Waals surface area contributed by atoms with E-state index in [4.69, 9.17) is 17.0 Å². The van der Waals surface area contributed by atoms with Gasteiger partial charge in [-0.3, -0.25) is 0 Å². The average Bonchev–Trinajstić information content (AvgIpc) is 2.84. The monoisotopic (exact) mass is 490 g/mol. The third-order valence-electron chi connectivity index (χ3n) is 3.36. The first kappa shape index (κ1) is 19.4. The number of nitrogens with one attached hydrogen (secondary N) is 2. The van der Waals surface area contributed by atoms with Crippen LogP contribution in [0, 0.1) is 6.92 Å². The van der Waals surface area contributed by atoms with E-state index in [0.29, 0.717) is 15.7 Å². The predicted molar refractivity (Wildman–Crippen MR) is 111 cm³/mol. The van der Waals surface area contributed by atoms with Gasteiger partial charge in [-0.1, -0.05) is 22.9 Å². The Bertz CT molecular complexity index is 791. The topological polar surface area (TPSA) is 50.4 Å². The number of carbonyl (C=O) groups excluding carboxylic acids is 1. The molecule has 0 aliphatic rings. The van der Waals surface area contributed by atoms with E-state index in [9.17, 15) is 4.79 Å². The van der Waals surface area contributed by atoms with E-state index >= 15 is 0 Å². The molecule has 1 heterocycles. The number of aryl methyl sites for hydroxylation is 1. The van der Waals surface area contributed by atoms with Crippen molar-refractivity contribution in [1.82, 2.24) is 0 Å². The molecule has 2 aromatic rings. The molecule has 4 nitrogen and oxygen atoms in total. The normalized spacial score (nSPS) is 10.4. The van der Waals surface area contributed by atoms with Gasteiger partial charge in [-0.2, -0.15) is 0 Å². The van der Waals surface area contributed by atoms with E-state index in [1.807, 2.05) is 32.0 Å². The molecule has 0 saturated carbocycles. The zero-order valence-corrected chi connectivity index (χ0v) is 18.1. The second kappa shape index (κ2) is 8.42. The van der Waals surface area contributed by atoms with Crippen LogP contribution in [0.25, 0.3) is 0 Å². The van der Waals surface area contributed by atoms with E-state index in [2.05, 4.69) is 42.5 Å². The fourth-order valence-corrected chi connectivity index (χ4v) is 4.82.